The van der Waals surface area contributed by atoms with Gasteiger partial charge < -0.3 is 9.15 Å². The van der Waals surface area contributed by atoms with E-state index in [9.17, 15) is 13.2 Å². The highest BCUT2D eigenvalue weighted by Gasteiger charge is 2.19. The molecule has 0 saturated carbocycles. The SMILES string of the molecule is CCc1ccc(S(=O)(=O)NCCc2ccc3oc(-c4ccccc4)nc3c2)cc1C(=O)OC. The first-order valence-corrected chi connectivity index (χ1v) is 12.1. The van der Waals surface area contributed by atoms with E-state index < -0.39 is 16.0 Å². The molecule has 0 spiro atoms. The van der Waals surface area contributed by atoms with Gasteiger partial charge in [0.05, 0.1) is 17.6 Å². The third kappa shape index (κ3) is 4.97. The van der Waals surface area contributed by atoms with Crippen LogP contribution < -0.4 is 4.72 Å². The van der Waals surface area contributed by atoms with Gasteiger partial charge in [-0.15, -0.1) is 0 Å². The summed E-state index contributed by atoms with van der Waals surface area (Å²) < 4.78 is 38.7. The molecule has 7 nitrogen and oxygen atoms in total. The fourth-order valence-electron chi connectivity index (χ4n) is 3.58. The minimum absolute atomic E-state index is 0.0274. The normalized spacial score (nSPS) is 11.6. The second kappa shape index (κ2) is 9.56. The summed E-state index contributed by atoms with van der Waals surface area (Å²) >= 11 is 0. The number of fused-ring (bicyclic) bond motifs is 1. The van der Waals surface area contributed by atoms with Gasteiger partial charge in [-0.05, 0) is 60.4 Å². The summed E-state index contributed by atoms with van der Waals surface area (Å²) in [6, 6.07) is 19.8. The number of aromatic nitrogens is 1. The number of ether oxygens (including phenoxy) is 1. The molecule has 0 amide bonds. The predicted octanol–water partition coefficient (Wildman–Crippen LogP) is 4.36. The van der Waals surface area contributed by atoms with Crippen LogP contribution in [0, 0.1) is 0 Å². The van der Waals surface area contributed by atoms with E-state index in [-0.39, 0.29) is 17.0 Å². The molecule has 1 N–H and O–H groups in total. The van der Waals surface area contributed by atoms with Crippen LogP contribution in [-0.2, 0) is 27.6 Å². The lowest BCUT2D eigenvalue weighted by atomic mass is 10.1. The lowest BCUT2D eigenvalue weighted by Gasteiger charge is -2.11. The molecule has 0 atom stereocenters. The number of aryl methyl sites for hydroxylation is 1. The molecule has 3 aromatic carbocycles. The van der Waals surface area contributed by atoms with Crippen molar-refractivity contribution in [2.75, 3.05) is 13.7 Å². The minimum atomic E-state index is -3.79. The third-order valence-electron chi connectivity index (χ3n) is 5.36. The molecule has 0 aliphatic rings. The number of carbonyl (C=O) groups excluding carboxylic acids is 1. The van der Waals surface area contributed by atoms with E-state index in [0.717, 1.165) is 16.7 Å². The lowest BCUT2D eigenvalue weighted by molar-refractivity contribution is 0.0599. The number of nitrogens with zero attached hydrogens (tertiary/aromatic N) is 1. The zero-order valence-corrected chi connectivity index (χ0v) is 19.2. The van der Waals surface area contributed by atoms with E-state index in [0.29, 0.717) is 29.8 Å². The number of nitrogens with one attached hydrogen (secondary N) is 1. The number of hydrogen-bond acceptors (Lipinski definition) is 6. The van der Waals surface area contributed by atoms with E-state index in [2.05, 4.69) is 9.71 Å². The molecule has 0 aliphatic heterocycles. The average molecular weight is 465 g/mol. The fourth-order valence-corrected chi connectivity index (χ4v) is 4.63. The van der Waals surface area contributed by atoms with Gasteiger partial charge in [-0.2, -0.15) is 0 Å². The Hall–Kier alpha value is -3.49. The van der Waals surface area contributed by atoms with Crippen molar-refractivity contribution < 1.29 is 22.4 Å². The average Bonchev–Trinajstić information content (AvgIpc) is 3.27. The van der Waals surface area contributed by atoms with Gasteiger partial charge in [0.25, 0.3) is 0 Å². The maximum absolute atomic E-state index is 12.8. The molecule has 4 aromatic rings. The van der Waals surface area contributed by atoms with Crippen LogP contribution in [0.5, 0.6) is 0 Å². The number of benzene rings is 3. The first kappa shape index (κ1) is 22.7. The maximum Gasteiger partial charge on any atom is 0.338 e. The van der Waals surface area contributed by atoms with Crippen molar-refractivity contribution >= 4 is 27.1 Å². The van der Waals surface area contributed by atoms with Gasteiger partial charge in [-0.3, -0.25) is 0 Å². The van der Waals surface area contributed by atoms with E-state index in [1.165, 1.54) is 19.2 Å². The highest BCUT2D eigenvalue weighted by Crippen LogP contribution is 2.25. The highest BCUT2D eigenvalue weighted by atomic mass is 32.2. The molecule has 170 valence electrons. The summed E-state index contributed by atoms with van der Waals surface area (Å²) in [6.45, 7) is 2.09. The van der Waals surface area contributed by atoms with Crippen LogP contribution in [0.25, 0.3) is 22.6 Å². The Kier molecular flexibility index (Phi) is 6.57. The topological polar surface area (TPSA) is 98.5 Å². The molecule has 33 heavy (non-hydrogen) atoms. The molecule has 4 rings (SSSR count). The molecule has 0 unspecified atom stereocenters. The van der Waals surface area contributed by atoms with Crippen molar-refractivity contribution in [2.45, 2.75) is 24.7 Å². The van der Waals surface area contributed by atoms with Gasteiger partial charge >= 0.3 is 5.97 Å². The third-order valence-corrected chi connectivity index (χ3v) is 6.82. The van der Waals surface area contributed by atoms with E-state index in [1.807, 2.05) is 55.5 Å². The lowest BCUT2D eigenvalue weighted by Crippen LogP contribution is -2.26. The molecule has 1 heterocycles. The molecular formula is C25H24N2O5S. The highest BCUT2D eigenvalue weighted by molar-refractivity contribution is 7.89. The molecule has 0 bridgehead atoms. The Labute approximate surface area is 192 Å². The first-order valence-electron chi connectivity index (χ1n) is 10.6. The molecule has 0 saturated heterocycles. The van der Waals surface area contributed by atoms with Crippen molar-refractivity contribution in [3.8, 4) is 11.5 Å². The smallest absolute Gasteiger partial charge is 0.338 e. The molecule has 0 aliphatic carbocycles. The largest absolute Gasteiger partial charge is 0.465 e. The number of sulfonamides is 1. The summed E-state index contributed by atoms with van der Waals surface area (Å²) in [5, 5.41) is 0. The zero-order chi connectivity index (χ0) is 23.4. The summed E-state index contributed by atoms with van der Waals surface area (Å²) in [6.07, 6.45) is 1.06. The Morgan fingerprint density at radius 3 is 2.58 bits per heavy atom. The number of oxazole rings is 1. The van der Waals surface area contributed by atoms with Crippen LogP contribution in [0.2, 0.25) is 0 Å². The van der Waals surface area contributed by atoms with Crippen molar-refractivity contribution in [2.24, 2.45) is 0 Å². The Bertz CT molecular complexity index is 1400. The Morgan fingerprint density at radius 2 is 1.85 bits per heavy atom. The summed E-state index contributed by atoms with van der Waals surface area (Å²) in [5.41, 5.74) is 4.19. The number of esters is 1. The molecule has 8 heteroatoms. The van der Waals surface area contributed by atoms with Crippen LogP contribution in [0.1, 0.15) is 28.4 Å². The number of carbonyl (C=O) groups is 1. The molecular weight excluding hydrogens is 440 g/mol. The van der Waals surface area contributed by atoms with Crippen LogP contribution in [-0.4, -0.2) is 33.0 Å². The van der Waals surface area contributed by atoms with E-state index in [1.54, 1.807) is 6.07 Å². The number of methoxy groups -OCH3 is 1. The second-order valence-corrected chi connectivity index (χ2v) is 9.27. The summed E-state index contributed by atoms with van der Waals surface area (Å²) in [4.78, 5) is 16.6. The van der Waals surface area contributed by atoms with Crippen LogP contribution in [0.3, 0.4) is 0 Å². The fraction of sp³-hybridized carbons (Fsp3) is 0.200. The van der Waals surface area contributed by atoms with E-state index in [4.69, 9.17) is 9.15 Å². The van der Waals surface area contributed by atoms with Gasteiger partial charge in [-0.1, -0.05) is 37.3 Å². The summed E-state index contributed by atoms with van der Waals surface area (Å²) in [5.74, 6) is -0.0138. The first-order chi connectivity index (χ1) is 15.9. The predicted molar refractivity (Wildman–Crippen MR) is 125 cm³/mol. The number of rotatable bonds is 8. The molecule has 1 aromatic heterocycles. The van der Waals surface area contributed by atoms with Crippen LogP contribution >= 0.6 is 0 Å². The van der Waals surface area contributed by atoms with E-state index >= 15 is 0 Å². The van der Waals surface area contributed by atoms with Gasteiger partial charge in [0.15, 0.2) is 5.58 Å². The van der Waals surface area contributed by atoms with Gasteiger partial charge in [0.2, 0.25) is 15.9 Å². The molecule has 0 radical (unpaired) electrons. The zero-order valence-electron chi connectivity index (χ0n) is 18.4. The standard InChI is InChI=1S/C25H24N2O5S/c1-3-18-10-11-20(16-21(18)25(28)31-2)33(29,30)26-14-13-17-9-12-23-22(15-17)27-24(32-23)19-7-5-4-6-8-19/h4-12,15-16,26H,3,13-14H2,1-2H3. The van der Waals surface area contributed by atoms with Crippen LogP contribution in [0.4, 0.5) is 0 Å². The second-order valence-electron chi connectivity index (χ2n) is 7.50. The van der Waals surface area contributed by atoms with Gasteiger partial charge in [-0.25, -0.2) is 22.9 Å². The van der Waals surface area contributed by atoms with Gasteiger partial charge in [0.1, 0.15) is 5.52 Å². The van der Waals surface area contributed by atoms with Crippen molar-refractivity contribution in [3.05, 3.63) is 83.4 Å². The van der Waals surface area contributed by atoms with Crippen molar-refractivity contribution in [3.63, 3.8) is 0 Å². The Balaban J connectivity index is 1.47. The monoisotopic (exact) mass is 464 g/mol. The van der Waals surface area contributed by atoms with Gasteiger partial charge in [0, 0.05) is 12.1 Å². The number of hydrogen-bond donors (Lipinski definition) is 1. The quantitative estimate of drug-likeness (QED) is 0.389. The Morgan fingerprint density at radius 1 is 1.06 bits per heavy atom. The maximum atomic E-state index is 12.8. The molecule has 0 fully saturated rings. The summed E-state index contributed by atoms with van der Waals surface area (Å²) in [7, 11) is -2.51. The minimum Gasteiger partial charge on any atom is -0.465 e. The van der Waals surface area contributed by atoms with Crippen LogP contribution in [0.15, 0.2) is 76.0 Å². The van der Waals surface area contributed by atoms with Crippen molar-refractivity contribution in [1.29, 1.82) is 0 Å². The van der Waals surface area contributed by atoms with Crippen molar-refractivity contribution in [1.82, 2.24) is 9.71 Å².